The summed E-state index contributed by atoms with van der Waals surface area (Å²) in [4.78, 5) is 2.41. The van der Waals surface area contributed by atoms with Crippen LogP contribution in [0.5, 0.6) is 0 Å². The maximum Gasteiger partial charge on any atom is 0.172 e. The zero-order valence-electron chi connectivity index (χ0n) is 11.9. The predicted molar refractivity (Wildman–Crippen MR) is 78.9 cm³/mol. The van der Waals surface area contributed by atoms with Gasteiger partial charge in [0.2, 0.25) is 0 Å². The van der Waals surface area contributed by atoms with Crippen LogP contribution in [0.15, 0.2) is 23.4 Å². The van der Waals surface area contributed by atoms with Crippen molar-refractivity contribution in [3.8, 4) is 0 Å². The van der Waals surface area contributed by atoms with Gasteiger partial charge in [-0.2, -0.15) is 0 Å². The lowest BCUT2D eigenvalue weighted by atomic mass is 10.1. The third kappa shape index (κ3) is 3.19. The van der Waals surface area contributed by atoms with Crippen molar-refractivity contribution in [1.82, 2.24) is 0 Å². The summed E-state index contributed by atoms with van der Waals surface area (Å²) >= 11 is 0. The maximum atomic E-state index is 8.94. The summed E-state index contributed by atoms with van der Waals surface area (Å²) in [6.45, 7) is 7.50. The molecule has 1 saturated carbocycles. The van der Waals surface area contributed by atoms with E-state index in [4.69, 9.17) is 10.9 Å². The summed E-state index contributed by atoms with van der Waals surface area (Å²) in [5, 5.41) is 12.1. The van der Waals surface area contributed by atoms with Crippen molar-refractivity contribution < 1.29 is 5.21 Å². The van der Waals surface area contributed by atoms with Crippen molar-refractivity contribution in [1.29, 1.82) is 0 Å². The molecule has 1 fully saturated rings. The Morgan fingerprint density at radius 3 is 2.68 bits per heavy atom. The van der Waals surface area contributed by atoms with Gasteiger partial charge in [-0.15, -0.1) is 0 Å². The second-order valence-corrected chi connectivity index (χ2v) is 5.78. The number of anilines is 1. The lowest BCUT2D eigenvalue weighted by Crippen LogP contribution is -2.32. The Kier molecular flexibility index (Phi) is 3.98. The number of benzene rings is 1. The SMILES string of the molecule is Cc1ccc(C(N)=NO)c(N(CC(C)C)C2CC2)c1. The Hall–Kier alpha value is -1.71. The Labute approximate surface area is 114 Å². The summed E-state index contributed by atoms with van der Waals surface area (Å²) in [7, 11) is 0. The monoisotopic (exact) mass is 261 g/mol. The lowest BCUT2D eigenvalue weighted by molar-refractivity contribution is 0.318. The molecule has 0 aliphatic heterocycles. The van der Waals surface area contributed by atoms with Gasteiger partial charge in [0, 0.05) is 23.8 Å². The fraction of sp³-hybridized carbons (Fsp3) is 0.533. The highest BCUT2D eigenvalue weighted by atomic mass is 16.4. The van der Waals surface area contributed by atoms with Gasteiger partial charge < -0.3 is 15.8 Å². The zero-order valence-corrected chi connectivity index (χ0v) is 11.9. The standard InChI is InChI=1S/C15H23N3O/c1-10(2)9-18(12-5-6-12)14-8-11(3)4-7-13(14)15(16)17-19/h4,7-8,10,12,19H,5-6,9H2,1-3H3,(H2,16,17). The van der Waals surface area contributed by atoms with Crippen LogP contribution in [-0.2, 0) is 0 Å². The fourth-order valence-electron chi connectivity index (χ4n) is 2.37. The van der Waals surface area contributed by atoms with Gasteiger partial charge >= 0.3 is 0 Å². The molecule has 1 aliphatic carbocycles. The highest BCUT2D eigenvalue weighted by molar-refractivity contribution is 6.02. The van der Waals surface area contributed by atoms with Crippen LogP contribution in [0, 0.1) is 12.8 Å². The first kappa shape index (κ1) is 13.7. The number of nitrogens with zero attached hydrogens (tertiary/aromatic N) is 2. The van der Waals surface area contributed by atoms with Crippen molar-refractivity contribution in [2.45, 2.75) is 39.7 Å². The molecule has 4 heteroatoms. The van der Waals surface area contributed by atoms with E-state index in [0.29, 0.717) is 12.0 Å². The number of amidine groups is 1. The van der Waals surface area contributed by atoms with E-state index in [1.165, 1.54) is 18.4 Å². The summed E-state index contributed by atoms with van der Waals surface area (Å²) < 4.78 is 0. The Morgan fingerprint density at radius 1 is 1.47 bits per heavy atom. The van der Waals surface area contributed by atoms with Crippen LogP contribution >= 0.6 is 0 Å². The van der Waals surface area contributed by atoms with Crippen LogP contribution in [0.1, 0.15) is 37.8 Å². The minimum atomic E-state index is 0.185. The zero-order chi connectivity index (χ0) is 14.0. The van der Waals surface area contributed by atoms with E-state index in [9.17, 15) is 0 Å². The highest BCUT2D eigenvalue weighted by Crippen LogP contribution is 2.34. The molecule has 2 rings (SSSR count). The molecule has 0 heterocycles. The van der Waals surface area contributed by atoms with Crippen molar-refractivity contribution in [3.63, 3.8) is 0 Å². The minimum Gasteiger partial charge on any atom is -0.409 e. The van der Waals surface area contributed by atoms with E-state index in [-0.39, 0.29) is 5.84 Å². The number of hydrogen-bond donors (Lipinski definition) is 2. The van der Waals surface area contributed by atoms with Gasteiger partial charge in [-0.05, 0) is 43.4 Å². The van der Waals surface area contributed by atoms with Crippen LogP contribution in [0.4, 0.5) is 5.69 Å². The molecule has 0 saturated heterocycles. The molecule has 0 radical (unpaired) electrons. The molecule has 0 spiro atoms. The molecule has 0 unspecified atom stereocenters. The first-order valence-corrected chi connectivity index (χ1v) is 6.88. The first-order chi connectivity index (χ1) is 9.02. The van der Waals surface area contributed by atoms with Gasteiger partial charge in [0.1, 0.15) is 0 Å². The van der Waals surface area contributed by atoms with Crippen LogP contribution in [0.3, 0.4) is 0 Å². The van der Waals surface area contributed by atoms with Gasteiger partial charge in [-0.1, -0.05) is 25.1 Å². The third-order valence-corrected chi connectivity index (χ3v) is 3.40. The van der Waals surface area contributed by atoms with E-state index >= 15 is 0 Å². The molecule has 3 N–H and O–H groups in total. The predicted octanol–water partition coefficient (Wildman–Crippen LogP) is 2.71. The summed E-state index contributed by atoms with van der Waals surface area (Å²) in [5.41, 5.74) is 8.91. The fourth-order valence-corrected chi connectivity index (χ4v) is 2.37. The van der Waals surface area contributed by atoms with Crippen molar-refractivity contribution in [3.05, 3.63) is 29.3 Å². The molecule has 1 aromatic carbocycles. The largest absolute Gasteiger partial charge is 0.409 e. The maximum absolute atomic E-state index is 8.94. The average Bonchev–Trinajstić information content (AvgIpc) is 3.19. The number of nitrogens with two attached hydrogens (primary N) is 1. The number of oxime groups is 1. The number of aryl methyl sites for hydroxylation is 1. The van der Waals surface area contributed by atoms with Gasteiger partial charge in [0.25, 0.3) is 0 Å². The summed E-state index contributed by atoms with van der Waals surface area (Å²) in [6.07, 6.45) is 2.46. The van der Waals surface area contributed by atoms with Crippen LogP contribution < -0.4 is 10.6 Å². The molecule has 1 aliphatic rings. The van der Waals surface area contributed by atoms with Gasteiger partial charge in [-0.25, -0.2) is 0 Å². The van der Waals surface area contributed by atoms with Gasteiger partial charge in [-0.3, -0.25) is 0 Å². The second-order valence-electron chi connectivity index (χ2n) is 5.78. The van der Waals surface area contributed by atoms with E-state index in [1.807, 2.05) is 12.1 Å². The second kappa shape index (κ2) is 5.51. The average molecular weight is 261 g/mol. The smallest absolute Gasteiger partial charge is 0.172 e. The van der Waals surface area contributed by atoms with Crippen LogP contribution in [-0.4, -0.2) is 23.6 Å². The molecule has 0 amide bonds. The third-order valence-electron chi connectivity index (χ3n) is 3.40. The Morgan fingerprint density at radius 2 is 2.16 bits per heavy atom. The normalized spacial score (nSPS) is 15.9. The molecule has 1 aromatic rings. The molecule has 19 heavy (non-hydrogen) atoms. The topological polar surface area (TPSA) is 61.9 Å². The van der Waals surface area contributed by atoms with Gasteiger partial charge in [0.15, 0.2) is 5.84 Å². The number of hydrogen-bond acceptors (Lipinski definition) is 3. The molecule has 4 nitrogen and oxygen atoms in total. The van der Waals surface area contributed by atoms with Crippen molar-refractivity contribution in [2.24, 2.45) is 16.8 Å². The molecule has 0 bridgehead atoms. The molecule has 0 atom stereocenters. The van der Waals surface area contributed by atoms with Gasteiger partial charge in [0.05, 0.1) is 0 Å². The minimum absolute atomic E-state index is 0.185. The Balaban J connectivity index is 2.42. The van der Waals surface area contributed by atoms with E-state index < -0.39 is 0 Å². The highest BCUT2D eigenvalue weighted by Gasteiger charge is 2.31. The Bertz CT molecular complexity index is 478. The van der Waals surface area contributed by atoms with E-state index in [1.54, 1.807) is 0 Å². The molecule has 104 valence electrons. The van der Waals surface area contributed by atoms with Crippen molar-refractivity contribution >= 4 is 11.5 Å². The molecular formula is C15H23N3O. The first-order valence-electron chi connectivity index (χ1n) is 6.88. The molecule has 0 aromatic heterocycles. The summed E-state index contributed by atoms with van der Waals surface area (Å²) in [5.74, 6) is 0.769. The van der Waals surface area contributed by atoms with E-state index in [0.717, 1.165) is 17.8 Å². The lowest BCUT2D eigenvalue weighted by Gasteiger charge is -2.29. The molecular weight excluding hydrogens is 238 g/mol. The number of rotatable bonds is 5. The quantitative estimate of drug-likeness (QED) is 0.371. The van der Waals surface area contributed by atoms with E-state index in [2.05, 4.69) is 36.9 Å². The summed E-state index contributed by atoms with van der Waals surface area (Å²) in [6, 6.07) is 6.68. The van der Waals surface area contributed by atoms with Crippen LogP contribution in [0.2, 0.25) is 0 Å². The van der Waals surface area contributed by atoms with Crippen molar-refractivity contribution in [2.75, 3.05) is 11.4 Å². The van der Waals surface area contributed by atoms with Crippen LogP contribution in [0.25, 0.3) is 0 Å².